The van der Waals surface area contributed by atoms with Gasteiger partial charge in [0.15, 0.2) is 0 Å². The van der Waals surface area contributed by atoms with Crippen molar-refractivity contribution in [2.45, 2.75) is 56.2 Å². The Morgan fingerprint density at radius 3 is 2.42 bits per heavy atom. The molecule has 0 spiro atoms. The van der Waals surface area contributed by atoms with E-state index in [2.05, 4.69) is 15.9 Å². The quantitative estimate of drug-likeness (QED) is 0.550. The third-order valence-corrected chi connectivity index (χ3v) is 4.43. The molecule has 0 heterocycles. The Morgan fingerprint density at radius 1 is 0.750 bits per heavy atom. The molecule has 2 aliphatic carbocycles. The van der Waals surface area contributed by atoms with Gasteiger partial charge in [0.05, 0.1) is 0 Å². The summed E-state index contributed by atoms with van der Waals surface area (Å²) in [5, 5.41) is 0. The van der Waals surface area contributed by atoms with Crippen molar-refractivity contribution in [3.8, 4) is 0 Å². The summed E-state index contributed by atoms with van der Waals surface area (Å²) in [7, 11) is 0. The molecule has 70 valence electrons. The average molecular weight is 231 g/mol. The van der Waals surface area contributed by atoms with Crippen LogP contribution in [0.2, 0.25) is 0 Å². The molecule has 0 bridgehead atoms. The zero-order valence-corrected chi connectivity index (χ0v) is 9.35. The lowest BCUT2D eigenvalue weighted by atomic mass is 10.0. The molecular weight excluding hydrogens is 212 g/mol. The zero-order chi connectivity index (χ0) is 8.39. The van der Waals surface area contributed by atoms with Crippen LogP contribution >= 0.6 is 15.9 Å². The second-order valence-corrected chi connectivity index (χ2v) is 5.86. The minimum absolute atomic E-state index is 0.830. The Hall–Kier alpha value is 0.480. The molecular formula is C11H19Br. The van der Waals surface area contributed by atoms with Gasteiger partial charge in [-0.1, -0.05) is 41.6 Å². The van der Waals surface area contributed by atoms with Crippen molar-refractivity contribution < 1.29 is 0 Å². The second kappa shape index (κ2) is 4.13. The van der Waals surface area contributed by atoms with Gasteiger partial charge in [0, 0.05) is 4.83 Å². The number of halogens is 1. The van der Waals surface area contributed by atoms with Crippen LogP contribution in [0.3, 0.4) is 0 Å². The lowest BCUT2D eigenvalue weighted by molar-refractivity contribution is 0.498. The number of fused-ring (bicyclic) bond motifs is 1. The van der Waals surface area contributed by atoms with E-state index in [0.29, 0.717) is 0 Å². The van der Waals surface area contributed by atoms with Gasteiger partial charge >= 0.3 is 0 Å². The Labute approximate surface area is 84.2 Å². The van der Waals surface area contributed by atoms with Gasteiger partial charge in [0.1, 0.15) is 0 Å². The molecule has 2 fully saturated rings. The van der Waals surface area contributed by atoms with E-state index in [-0.39, 0.29) is 0 Å². The highest BCUT2D eigenvalue weighted by atomic mass is 79.9. The van der Waals surface area contributed by atoms with Gasteiger partial charge in [-0.25, -0.2) is 0 Å². The van der Waals surface area contributed by atoms with Gasteiger partial charge in [-0.2, -0.15) is 0 Å². The van der Waals surface area contributed by atoms with Crippen LogP contribution in [-0.2, 0) is 0 Å². The summed E-state index contributed by atoms with van der Waals surface area (Å²) >= 11 is 3.78. The SMILES string of the molecule is BrC1CCCCCC2CC2CC1. The summed E-state index contributed by atoms with van der Waals surface area (Å²) < 4.78 is 0. The molecule has 0 radical (unpaired) electrons. The van der Waals surface area contributed by atoms with Crippen LogP contribution in [0.4, 0.5) is 0 Å². The molecule has 12 heavy (non-hydrogen) atoms. The van der Waals surface area contributed by atoms with E-state index in [4.69, 9.17) is 0 Å². The molecule has 2 rings (SSSR count). The lowest BCUT2D eigenvalue weighted by Gasteiger charge is -2.11. The molecule has 3 atom stereocenters. The van der Waals surface area contributed by atoms with Crippen molar-refractivity contribution in [1.82, 2.24) is 0 Å². The summed E-state index contributed by atoms with van der Waals surface area (Å²) in [6.45, 7) is 0. The number of alkyl halides is 1. The predicted octanol–water partition coefficient (Wildman–Crippen LogP) is 4.13. The molecule has 1 heteroatoms. The third-order valence-electron chi connectivity index (χ3n) is 3.51. The number of hydrogen-bond donors (Lipinski definition) is 0. The molecule has 2 saturated carbocycles. The first-order chi connectivity index (χ1) is 5.86. The summed E-state index contributed by atoms with van der Waals surface area (Å²) in [4.78, 5) is 0.830. The summed E-state index contributed by atoms with van der Waals surface area (Å²) in [6.07, 6.45) is 11.9. The Morgan fingerprint density at radius 2 is 1.50 bits per heavy atom. The normalized spacial score (nSPS) is 43.2. The maximum Gasteiger partial charge on any atom is 0.0145 e. The van der Waals surface area contributed by atoms with Crippen LogP contribution in [0.1, 0.15) is 51.4 Å². The minimum atomic E-state index is 0.830. The van der Waals surface area contributed by atoms with Crippen LogP contribution in [0.15, 0.2) is 0 Å². The van der Waals surface area contributed by atoms with E-state index in [9.17, 15) is 0 Å². The van der Waals surface area contributed by atoms with Crippen molar-refractivity contribution in [2.24, 2.45) is 11.8 Å². The molecule has 0 aromatic carbocycles. The van der Waals surface area contributed by atoms with Crippen molar-refractivity contribution >= 4 is 15.9 Å². The van der Waals surface area contributed by atoms with E-state index in [1.807, 2.05) is 0 Å². The van der Waals surface area contributed by atoms with Gasteiger partial charge in [-0.05, 0) is 37.5 Å². The average Bonchev–Trinajstić information content (AvgIpc) is 2.80. The maximum atomic E-state index is 3.78. The van der Waals surface area contributed by atoms with Crippen molar-refractivity contribution in [3.63, 3.8) is 0 Å². The molecule has 0 nitrogen and oxygen atoms in total. The largest absolute Gasteiger partial charge is 0.0891 e. The Bertz CT molecular complexity index is 142. The van der Waals surface area contributed by atoms with Crippen LogP contribution in [-0.4, -0.2) is 4.83 Å². The Balaban J connectivity index is 1.77. The first-order valence-electron chi connectivity index (χ1n) is 5.50. The molecule has 0 aromatic heterocycles. The topological polar surface area (TPSA) is 0 Å². The fraction of sp³-hybridized carbons (Fsp3) is 1.00. The van der Waals surface area contributed by atoms with Crippen LogP contribution < -0.4 is 0 Å². The van der Waals surface area contributed by atoms with Crippen LogP contribution in [0.5, 0.6) is 0 Å². The van der Waals surface area contributed by atoms with E-state index in [0.717, 1.165) is 16.7 Å². The molecule has 0 amide bonds. The minimum Gasteiger partial charge on any atom is -0.0891 e. The van der Waals surface area contributed by atoms with Crippen molar-refractivity contribution in [2.75, 3.05) is 0 Å². The summed E-state index contributed by atoms with van der Waals surface area (Å²) in [6, 6.07) is 0. The molecule has 0 saturated heterocycles. The molecule has 2 aliphatic rings. The van der Waals surface area contributed by atoms with Gasteiger partial charge < -0.3 is 0 Å². The third kappa shape index (κ3) is 2.48. The fourth-order valence-corrected chi connectivity index (χ4v) is 3.09. The first-order valence-corrected chi connectivity index (χ1v) is 6.42. The lowest BCUT2D eigenvalue weighted by Crippen LogP contribution is -2.00. The highest BCUT2D eigenvalue weighted by molar-refractivity contribution is 9.09. The van der Waals surface area contributed by atoms with Crippen molar-refractivity contribution in [1.29, 1.82) is 0 Å². The monoisotopic (exact) mass is 230 g/mol. The fourth-order valence-electron chi connectivity index (χ4n) is 2.51. The second-order valence-electron chi connectivity index (χ2n) is 4.57. The van der Waals surface area contributed by atoms with Crippen LogP contribution in [0, 0.1) is 11.8 Å². The predicted molar refractivity (Wildman–Crippen MR) is 56.6 cm³/mol. The maximum absolute atomic E-state index is 3.78. The molecule has 0 aromatic rings. The first kappa shape index (κ1) is 9.05. The molecule has 0 aliphatic heterocycles. The molecule has 3 unspecified atom stereocenters. The smallest absolute Gasteiger partial charge is 0.0145 e. The van der Waals surface area contributed by atoms with Crippen molar-refractivity contribution in [3.05, 3.63) is 0 Å². The highest BCUT2D eigenvalue weighted by Gasteiger charge is 2.35. The summed E-state index contributed by atoms with van der Waals surface area (Å²) in [5.41, 5.74) is 0. The van der Waals surface area contributed by atoms with Crippen LogP contribution in [0.25, 0.3) is 0 Å². The van der Waals surface area contributed by atoms with Gasteiger partial charge in [-0.15, -0.1) is 0 Å². The summed E-state index contributed by atoms with van der Waals surface area (Å²) in [5.74, 6) is 2.27. The van der Waals surface area contributed by atoms with E-state index in [1.165, 1.54) is 44.9 Å². The van der Waals surface area contributed by atoms with E-state index in [1.54, 1.807) is 6.42 Å². The van der Waals surface area contributed by atoms with E-state index < -0.39 is 0 Å². The van der Waals surface area contributed by atoms with Gasteiger partial charge in [0.25, 0.3) is 0 Å². The van der Waals surface area contributed by atoms with Gasteiger partial charge in [0.2, 0.25) is 0 Å². The highest BCUT2D eigenvalue weighted by Crippen LogP contribution is 2.46. The standard InChI is InChI=1S/C11H19Br/c12-11-5-3-1-2-4-9-8-10(9)6-7-11/h9-11H,1-8H2. The Kier molecular flexibility index (Phi) is 3.11. The zero-order valence-electron chi connectivity index (χ0n) is 7.77. The number of hydrogen-bond acceptors (Lipinski definition) is 0. The molecule has 0 N–H and O–H groups in total. The number of rotatable bonds is 0. The van der Waals surface area contributed by atoms with E-state index >= 15 is 0 Å². The van der Waals surface area contributed by atoms with Gasteiger partial charge in [-0.3, -0.25) is 0 Å².